The molecule has 0 N–H and O–H groups in total. The summed E-state index contributed by atoms with van der Waals surface area (Å²) in [5.74, 6) is -0.472. The number of benzene rings is 1. The minimum absolute atomic E-state index is 0.0917. The van der Waals surface area contributed by atoms with E-state index in [1.807, 2.05) is 19.9 Å². The van der Waals surface area contributed by atoms with Crippen LogP contribution < -0.4 is 0 Å². The van der Waals surface area contributed by atoms with Gasteiger partial charge in [0.1, 0.15) is 6.10 Å². The van der Waals surface area contributed by atoms with Crippen LogP contribution in [0.15, 0.2) is 30.3 Å². The Hall–Kier alpha value is -0.940. The molecule has 4 nitrogen and oxygen atoms in total. The molecular weight excluding hydrogens is 254 g/mol. The van der Waals surface area contributed by atoms with Crippen molar-refractivity contribution < 1.29 is 14.3 Å². The van der Waals surface area contributed by atoms with E-state index in [0.717, 1.165) is 26.0 Å². The number of hydrogen-bond acceptors (Lipinski definition) is 4. The predicted molar refractivity (Wildman–Crippen MR) is 75.9 cm³/mol. The Bertz CT molecular complexity index is 435. The first-order valence-corrected chi connectivity index (χ1v) is 7.39. The Kier molecular flexibility index (Phi) is 4.08. The van der Waals surface area contributed by atoms with E-state index < -0.39 is 5.79 Å². The Balaban J connectivity index is 1.68. The summed E-state index contributed by atoms with van der Waals surface area (Å²) in [5.41, 5.74) is 1.26. The van der Waals surface area contributed by atoms with E-state index >= 15 is 0 Å². The molecule has 0 aromatic heterocycles. The summed E-state index contributed by atoms with van der Waals surface area (Å²) in [4.78, 5) is 5.87. The smallest absolute Gasteiger partial charge is 0.163 e. The fourth-order valence-electron chi connectivity index (χ4n) is 2.92. The van der Waals surface area contributed by atoms with Gasteiger partial charge in [-0.3, -0.25) is 4.84 Å². The minimum Gasteiger partial charge on any atom is -0.348 e. The van der Waals surface area contributed by atoms with Crippen LogP contribution in [0.25, 0.3) is 0 Å². The molecule has 2 atom stereocenters. The number of hydrogen-bond donors (Lipinski definition) is 0. The van der Waals surface area contributed by atoms with Gasteiger partial charge in [-0.15, -0.1) is 0 Å². The van der Waals surface area contributed by atoms with Crippen molar-refractivity contribution in [1.82, 2.24) is 5.06 Å². The minimum atomic E-state index is -0.472. The monoisotopic (exact) mass is 277 g/mol. The van der Waals surface area contributed by atoms with Crippen molar-refractivity contribution in [1.29, 1.82) is 0 Å². The predicted octanol–water partition coefficient (Wildman–Crippen LogP) is 2.73. The van der Waals surface area contributed by atoms with Gasteiger partial charge in [-0.25, -0.2) is 0 Å². The average molecular weight is 277 g/mol. The van der Waals surface area contributed by atoms with E-state index in [2.05, 4.69) is 29.3 Å². The number of ether oxygens (including phenoxy) is 2. The van der Waals surface area contributed by atoms with Crippen molar-refractivity contribution in [2.24, 2.45) is 0 Å². The Morgan fingerprint density at radius 1 is 1.25 bits per heavy atom. The van der Waals surface area contributed by atoms with E-state index in [1.165, 1.54) is 5.56 Å². The normalized spacial score (nSPS) is 30.5. The lowest BCUT2D eigenvalue weighted by atomic mass is 10.0. The first-order chi connectivity index (χ1) is 9.64. The van der Waals surface area contributed by atoms with Crippen molar-refractivity contribution >= 4 is 0 Å². The summed E-state index contributed by atoms with van der Waals surface area (Å²) < 4.78 is 11.7. The molecule has 0 spiro atoms. The Labute approximate surface area is 120 Å². The number of rotatable bonds is 3. The van der Waals surface area contributed by atoms with Crippen LogP contribution in [0.2, 0.25) is 0 Å². The van der Waals surface area contributed by atoms with Crippen LogP contribution in [-0.4, -0.2) is 36.2 Å². The molecule has 2 unspecified atom stereocenters. The largest absolute Gasteiger partial charge is 0.348 e. The van der Waals surface area contributed by atoms with E-state index in [9.17, 15) is 0 Å². The lowest BCUT2D eigenvalue weighted by Gasteiger charge is -2.37. The van der Waals surface area contributed by atoms with Gasteiger partial charge in [0, 0.05) is 6.54 Å². The third-order valence-electron chi connectivity index (χ3n) is 3.91. The van der Waals surface area contributed by atoms with Gasteiger partial charge in [0.25, 0.3) is 0 Å². The zero-order valence-electron chi connectivity index (χ0n) is 12.2. The lowest BCUT2D eigenvalue weighted by molar-refractivity contribution is -0.244. The molecule has 110 valence electrons. The Morgan fingerprint density at radius 3 is 2.75 bits per heavy atom. The van der Waals surface area contributed by atoms with Gasteiger partial charge in [0.2, 0.25) is 0 Å². The fraction of sp³-hybridized carbons (Fsp3) is 0.625. The maximum absolute atomic E-state index is 6.01. The molecule has 20 heavy (non-hydrogen) atoms. The van der Waals surface area contributed by atoms with Crippen LogP contribution in [-0.2, 0) is 20.9 Å². The van der Waals surface area contributed by atoms with Crippen molar-refractivity contribution in [3.63, 3.8) is 0 Å². The maximum Gasteiger partial charge on any atom is 0.163 e. The molecule has 1 aromatic rings. The van der Waals surface area contributed by atoms with Crippen LogP contribution in [0, 0.1) is 0 Å². The Morgan fingerprint density at radius 2 is 2.05 bits per heavy atom. The lowest BCUT2D eigenvalue weighted by Crippen LogP contribution is -2.47. The molecule has 0 radical (unpaired) electrons. The molecule has 2 heterocycles. The van der Waals surface area contributed by atoms with Gasteiger partial charge < -0.3 is 9.47 Å². The molecule has 0 bridgehead atoms. The fourth-order valence-corrected chi connectivity index (χ4v) is 2.92. The summed E-state index contributed by atoms with van der Waals surface area (Å²) in [6.07, 6.45) is 2.27. The van der Waals surface area contributed by atoms with Crippen LogP contribution >= 0.6 is 0 Å². The summed E-state index contributed by atoms with van der Waals surface area (Å²) in [5, 5.41) is 2.08. The van der Waals surface area contributed by atoms with Crippen LogP contribution in [0.1, 0.15) is 32.3 Å². The van der Waals surface area contributed by atoms with Gasteiger partial charge in [0.15, 0.2) is 5.79 Å². The molecule has 2 aliphatic rings. The number of nitrogens with zero attached hydrogens (tertiary/aromatic N) is 1. The van der Waals surface area contributed by atoms with Crippen molar-refractivity contribution in [3.8, 4) is 0 Å². The first-order valence-electron chi connectivity index (χ1n) is 7.39. The third kappa shape index (κ3) is 3.20. The molecule has 0 aliphatic carbocycles. The highest BCUT2D eigenvalue weighted by atomic mass is 16.7. The summed E-state index contributed by atoms with van der Waals surface area (Å²) >= 11 is 0. The molecule has 2 fully saturated rings. The summed E-state index contributed by atoms with van der Waals surface area (Å²) in [7, 11) is 0. The summed E-state index contributed by atoms with van der Waals surface area (Å²) in [6, 6.07) is 10.7. The highest BCUT2D eigenvalue weighted by Crippen LogP contribution is 2.30. The zero-order valence-corrected chi connectivity index (χ0v) is 12.2. The van der Waals surface area contributed by atoms with Crippen molar-refractivity contribution in [2.45, 2.75) is 51.2 Å². The molecule has 2 saturated heterocycles. The molecule has 3 rings (SSSR count). The third-order valence-corrected chi connectivity index (χ3v) is 3.91. The van der Waals surface area contributed by atoms with Gasteiger partial charge in [0.05, 0.1) is 19.3 Å². The standard InChI is InChI=1S/C16H23NO3/c1-16(2)18-12-15(20-16)14-9-6-10-19-17(14)11-13-7-4-3-5-8-13/h3-5,7-8,14-15H,6,9-12H2,1-2H3. The second-order valence-corrected chi connectivity index (χ2v) is 5.97. The van der Waals surface area contributed by atoms with Gasteiger partial charge >= 0.3 is 0 Å². The van der Waals surface area contributed by atoms with Crippen LogP contribution in [0.5, 0.6) is 0 Å². The second kappa shape index (κ2) is 5.82. The highest BCUT2D eigenvalue weighted by molar-refractivity contribution is 5.14. The van der Waals surface area contributed by atoms with E-state index in [-0.39, 0.29) is 12.1 Å². The quantitative estimate of drug-likeness (QED) is 0.850. The summed E-state index contributed by atoms with van der Waals surface area (Å²) in [6.45, 7) is 6.18. The molecule has 2 aliphatic heterocycles. The molecule has 4 heteroatoms. The molecule has 0 amide bonds. The van der Waals surface area contributed by atoms with E-state index in [4.69, 9.17) is 14.3 Å². The van der Waals surface area contributed by atoms with Crippen LogP contribution in [0.3, 0.4) is 0 Å². The van der Waals surface area contributed by atoms with Crippen molar-refractivity contribution in [2.75, 3.05) is 13.2 Å². The van der Waals surface area contributed by atoms with E-state index in [0.29, 0.717) is 6.61 Å². The SMILES string of the molecule is CC1(C)OCC(C2CCCON2Cc2ccccc2)O1. The first kappa shape index (κ1) is 14.0. The van der Waals surface area contributed by atoms with E-state index in [1.54, 1.807) is 0 Å². The van der Waals surface area contributed by atoms with Gasteiger partial charge in [-0.2, -0.15) is 5.06 Å². The molecule has 1 aromatic carbocycles. The van der Waals surface area contributed by atoms with Crippen LogP contribution in [0.4, 0.5) is 0 Å². The average Bonchev–Trinajstić information content (AvgIpc) is 2.81. The molecule has 0 saturated carbocycles. The molecular formula is C16H23NO3. The van der Waals surface area contributed by atoms with Gasteiger partial charge in [-0.05, 0) is 32.3 Å². The highest BCUT2D eigenvalue weighted by Gasteiger charge is 2.41. The zero-order chi connectivity index (χ0) is 14.0. The number of hydroxylamine groups is 2. The topological polar surface area (TPSA) is 30.9 Å². The van der Waals surface area contributed by atoms with Crippen molar-refractivity contribution in [3.05, 3.63) is 35.9 Å². The van der Waals surface area contributed by atoms with Gasteiger partial charge in [-0.1, -0.05) is 30.3 Å². The second-order valence-electron chi connectivity index (χ2n) is 5.97. The maximum atomic E-state index is 6.01.